The summed E-state index contributed by atoms with van der Waals surface area (Å²) in [4.78, 5) is 13.0. The molecule has 0 saturated heterocycles. The van der Waals surface area contributed by atoms with E-state index in [1.807, 2.05) is 0 Å². The molecule has 4 saturated carbocycles. The number of carbonyl (C=O) groups excluding carboxylic acids is 1. The van der Waals surface area contributed by atoms with Crippen LogP contribution < -0.4 is 5.32 Å². The Labute approximate surface area is 140 Å². The summed E-state index contributed by atoms with van der Waals surface area (Å²) in [7, 11) is 0. The van der Waals surface area contributed by atoms with Crippen molar-refractivity contribution in [3.8, 4) is 0 Å². The van der Waals surface area contributed by atoms with Crippen LogP contribution in [-0.2, 0) is 11.2 Å². The van der Waals surface area contributed by atoms with Crippen LogP contribution >= 0.6 is 0 Å². The van der Waals surface area contributed by atoms with Crippen molar-refractivity contribution in [1.29, 1.82) is 0 Å². The van der Waals surface area contributed by atoms with Crippen molar-refractivity contribution in [1.82, 2.24) is 5.32 Å². The Morgan fingerprint density at radius 2 is 1.65 bits per heavy atom. The van der Waals surface area contributed by atoms with Crippen molar-refractivity contribution in [3.05, 3.63) is 35.9 Å². The molecule has 4 bridgehead atoms. The number of nitrogens with one attached hydrogen (secondary N) is 1. The molecule has 0 aromatic heterocycles. The Morgan fingerprint density at radius 1 is 1.09 bits per heavy atom. The quantitative estimate of drug-likeness (QED) is 0.861. The highest BCUT2D eigenvalue weighted by Gasteiger charge is 2.54. The van der Waals surface area contributed by atoms with Gasteiger partial charge in [0.1, 0.15) is 0 Å². The summed E-state index contributed by atoms with van der Waals surface area (Å²) in [6.45, 7) is 2.17. The molecule has 0 spiro atoms. The highest BCUT2D eigenvalue weighted by atomic mass is 16.2. The first kappa shape index (κ1) is 15.2. The monoisotopic (exact) mass is 311 g/mol. The zero-order valence-electron chi connectivity index (χ0n) is 14.3. The van der Waals surface area contributed by atoms with Crippen LogP contribution in [0.1, 0.15) is 57.4 Å². The van der Waals surface area contributed by atoms with Crippen molar-refractivity contribution in [2.45, 2.75) is 64.3 Å². The van der Waals surface area contributed by atoms with Crippen LogP contribution in [0.25, 0.3) is 0 Å². The van der Waals surface area contributed by atoms with E-state index < -0.39 is 0 Å². The normalized spacial score (nSPS) is 36.0. The molecule has 4 aliphatic carbocycles. The minimum atomic E-state index is -0.00421. The topological polar surface area (TPSA) is 29.1 Å². The molecule has 0 heterocycles. The summed E-state index contributed by atoms with van der Waals surface area (Å²) >= 11 is 0. The molecule has 23 heavy (non-hydrogen) atoms. The van der Waals surface area contributed by atoms with Crippen LogP contribution in [0.3, 0.4) is 0 Å². The van der Waals surface area contributed by atoms with Crippen LogP contribution in [0.5, 0.6) is 0 Å². The van der Waals surface area contributed by atoms with E-state index in [4.69, 9.17) is 0 Å². The molecule has 2 nitrogen and oxygen atoms in total. The van der Waals surface area contributed by atoms with Gasteiger partial charge >= 0.3 is 0 Å². The van der Waals surface area contributed by atoms with Crippen molar-refractivity contribution in [2.24, 2.45) is 23.2 Å². The highest BCUT2D eigenvalue weighted by molar-refractivity contribution is 5.83. The molecular formula is C21H29NO. The molecule has 0 aliphatic heterocycles. The first-order valence-electron chi connectivity index (χ1n) is 9.48. The molecule has 1 aromatic carbocycles. The molecule has 0 radical (unpaired) electrons. The first-order valence-corrected chi connectivity index (χ1v) is 9.48. The fourth-order valence-corrected chi connectivity index (χ4v) is 5.87. The number of amides is 1. The fraction of sp³-hybridized carbons (Fsp3) is 0.667. The van der Waals surface area contributed by atoms with Crippen molar-refractivity contribution < 1.29 is 4.79 Å². The van der Waals surface area contributed by atoms with E-state index in [0.29, 0.717) is 5.91 Å². The molecule has 4 aliphatic rings. The zero-order chi connectivity index (χ0) is 15.9. The van der Waals surface area contributed by atoms with E-state index in [9.17, 15) is 4.79 Å². The second-order valence-corrected chi connectivity index (χ2v) is 8.60. The van der Waals surface area contributed by atoms with Crippen molar-refractivity contribution in [3.63, 3.8) is 0 Å². The molecule has 1 amide bonds. The number of hydrogen-bond acceptors (Lipinski definition) is 1. The number of hydrogen-bond donors (Lipinski definition) is 1. The van der Waals surface area contributed by atoms with Gasteiger partial charge in [-0.25, -0.2) is 0 Å². The van der Waals surface area contributed by atoms with Gasteiger partial charge in [-0.3, -0.25) is 4.79 Å². The molecule has 4 fully saturated rings. The van der Waals surface area contributed by atoms with Gasteiger partial charge in [-0.15, -0.1) is 0 Å². The van der Waals surface area contributed by atoms with Crippen LogP contribution in [0, 0.1) is 23.2 Å². The Hall–Kier alpha value is -1.31. The average Bonchev–Trinajstić information content (AvgIpc) is 2.52. The number of carbonyl (C=O) groups is 1. The largest absolute Gasteiger partial charge is 0.353 e. The van der Waals surface area contributed by atoms with E-state index in [-0.39, 0.29) is 11.5 Å². The first-order chi connectivity index (χ1) is 11.1. The Bertz CT molecular complexity index is 529. The van der Waals surface area contributed by atoms with E-state index in [1.165, 1.54) is 24.8 Å². The van der Waals surface area contributed by atoms with Gasteiger partial charge in [0, 0.05) is 11.5 Å². The standard InChI is InChI=1S/C21H29NO/c1-15(7-8-16-5-3-2-4-6-16)22-20(23)21-12-17-9-18(13-21)11-19(10-17)14-21/h2-6,15,17-19H,7-14H2,1H3,(H,22,23)/t15-,17?,18?,19?,21?/m0/s1. The predicted molar refractivity (Wildman–Crippen MR) is 93.0 cm³/mol. The summed E-state index contributed by atoms with van der Waals surface area (Å²) in [6, 6.07) is 10.9. The molecule has 1 N–H and O–H groups in total. The predicted octanol–water partition coefficient (Wildman–Crippen LogP) is 4.34. The Kier molecular flexibility index (Phi) is 3.95. The summed E-state index contributed by atoms with van der Waals surface area (Å²) in [5.41, 5.74) is 1.36. The second-order valence-electron chi connectivity index (χ2n) is 8.60. The maximum absolute atomic E-state index is 13.0. The van der Waals surface area contributed by atoms with Crippen molar-refractivity contribution in [2.75, 3.05) is 0 Å². The molecular weight excluding hydrogens is 282 g/mol. The van der Waals surface area contributed by atoms with Crippen LogP contribution in [0.2, 0.25) is 0 Å². The van der Waals surface area contributed by atoms with Gasteiger partial charge in [0.05, 0.1) is 0 Å². The summed E-state index contributed by atoms with van der Waals surface area (Å²) in [5, 5.41) is 3.37. The molecule has 1 atom stereocenters. The van der Waals surface area contributed by atoms with Gasteiger partial charge in [-0.2, -0.15) is 0 Å². The maximum Gasteiger partial charge on any atom is 0.226 e. The Balaban J connectivity index is 1.34. The SMILES string of the molecule is C[C@@H](CCc1ccccc1)NC(=O)C12CC3CC(CC(C3)C1)C2. The lowest BCUT2D eigenvalue weighted by atomic mass is 9.49. The van der Waals surface area contributed by atoms with Gasteiger partial charge in [0.2, 0.25) is 5.91 Å². The third-order valence-electron chi connectivity index (χ3n) is 6.61. The summed E-state index contributed by atoms with van der Waals surface area (Å²) in [5.74, 6) is 2.89. The lowest BCUT2D eigenvalue weighted by Gasteiger charge is -2.55. The molecule has 0 unspecified atom stereocenters. The molecule has 124 valence electrons. The number of aryl methyl sites for hydroxylation is 1. The highest BCUT2D eigenvalue weighted by Crippen LogP contribution is 2.60. The fourth-order valence-electron chi connectivity index (χ4n) is 5.87. The smallest absolute Gasteiger partial charge is 0.226 e. The van der Waals surface area contributed by atoms with Gasteiger partial charge < -0.3 is 5.32 Å². The van der Waals surface area contributed by atoms with Gasteiger partial charge in [0.25, 0.3) is 0 Å². The maximum atomic E-state index is 13.0. The van der Waals surface area contributed by atoms with E-state index in [2.05, 4.69) is 42.6 Å². The van der Waals surface area contributed by atoms with Crippen LogP contribution in [0.15, 0.2) is 30.3 Å². The lowest BCUT2D eigenvalue weighted by molar-refractivity contribution is -0.146. The molecule has 1 aromatic rings. The summed E-state index contributed by atoms with van der Waals surface area (Å²) < 4.78 is 0. The average molecular weight is 311 g/mol. The van der Waals surface area contributed by atoms with Crippen molar-refractivity contribution >= 4 is 5.91 Å². The molecule has 5 rings (SSSR count). The van der Waals surface area contributed by atoms with E-state index >= 15 is 0 Å². The Morgan fingerprint density at radius 3 is 2.22 bits per heavy atom. The lowest BCUT2D eigenvalue weighted by Crippen LogP contribution is -2.54. The minimum Gasteiger partial charge on any atom is -0.353 e. The van der Waals surface area contributed by atoms with Gasteiger partial charge in [-0.1, -0.05) is 30.3 Å². The number of rotatable bonds is 5. The summed E-state index contributed by atoms with van der Waals surface area (Å²) in [6.07, 6.45) is 9.76. The third kappa shape index (κ3) is 3.05. The zero-order valence-corrected chi connectivity index (χ0v) is 14.3. The molecule has 2 heteroatoms. The minimum absolute atomic E-state index is 0.00421. The van der Waals surface area contributed by atoms with E-state index in [1.54, 1.807) is 0 Å². The number of benzene rings is 1. The van der Waals surface area contributed by atoms with Crippen LogP contribution in [0.4, 0.5) is 0 Å². The van der Waals surface area contributed by atoms with Gasteiger partial charge in [-0.05, 0) is 81.6 Å². The van der Waals surface area contributed by atoms with Gasteiger partial charge in [0.15, 0.2) is 0 Å². The van der Waals surface area contributed by atoms with E-state index in [0.717, 1.165) is 49.9 Å². The van der Waals surface area contributed by atoms with Crippen LogP contribution in [-0.4, -0.2) is 11.9 Å². The third-order valence-corrected chi connectivity index (χ3v) is 6.61. The second kappa shape index (κ2) is 5.96.